The molecule has 4 aliphatic carbocycles. The van der Waals surface area contributed by atoms with E-state index in [4.69, 9.17) is 0 Å². The molecule has 8 aromatic rings. The van der Waals surface area contributed by atoms with Gasteiger partial charge in [0.1, 0.15) is 0 Å². The van der Waals surface area contributed by atoms with Crippen molar-refractivity contribution >= 4 is 59.6 Å². The van der Waals surface area contributed by atoms with Gasteiger partial charge in [0.2, 0.25) is 0 Å². The molecule has 0 spiro atoms. The molecule has 4 aliphatic rings. The topological polar surface area (TPSA) is 0 Å². The van der Waals surface area contributed by atoms with Crippen molar-refractivity contribution in [3.63, 3.8) is 0 Å². The molecule has 584 valence electrons. The third-order valence-corrected chi connectivity index (χ3v) is 52.1. The minimum Gasteiger partial charge on any atom is -1.00 e. The van der Waals surface area contributed by atoms with Crippen molar-refractivity contribution in [2.45, 2.75) is 286 Å². The second-order valence-corrected chi connectivity index (χ2v) is 59.6. The fourth-order valence-electron chi connectivity index (χ4n) is 16.9. The van der Waals surface area contributed by atoms with Crippen molar-refractivity contribution in [3.05, 3.63) is 285 Å². The predicted octanol–water partition coefficient (Wildman–Crippen LogP) is 20.4. The number of allylic oxidation sites excluding steroid dienone is 8. The van der Waals surface area contributed by atoms with Crippen molar-refractivity contribution in [3.8, 4) is 22.3 Å². The van der Waals surface area contributed by atoms with Crippen LogP contribution < -0.4 is 45.6 Å². The minimum atomic E-state index is -1.27. The summed E-state index contributed by atoms with van der Waals surface area (Å²) in [5, 5.41) is 6.60. The molecule has 0 nitrogen and oxygen atoms in total. The van der Waals surface area contributed by atoms with Gasteiger partial charge in [-0.05, 0) is 45.9 Å². The fraction of sp³-hybridized carbons (Fsp3) is 0.431. The van der Waals surface area contributed by atoms with Gasteiger partial charge in [0.25, 0.3) is 0 Å². The molecule has 0 N–H and O–H groups in total. The molecule has 0 unspecified atom stereocenters. The second-order valence-electron chi connectivity index (χ2n) is 35.0. The summed E-state index contributed by atoms with van der Waals surface area (Å²) in [6, 6.07) is 84.9. The van der Waals surface area contributed by atoms with Gasteiger partial charge in [0.15, 0.2) is 0 Å². The summed E-state index contributed by atoms with van der Waals surface area (Å²) < 4.78 is 3.07. The van der Waals surface area contributed by atoms with Crippen LogP contribution in [0.5, 0.6) is 0 Å². The SMILES string of the molecule is CC(C)(C)c1c[c-]c2c(c1)-c1cccc(C(C)(C)C)c1C2.CC(C)(C)c1c[c-]c2c(c1)-c1cccc(C(C)(C)C)c1C2.CC[Si](CC)(CC)c1ccc([C](=[Hf+2])c2ccc([Si](CC)(CC)CC)cc2)cc1.CC[Si](CC)(CC)c1ccc([C](=[Hf+2])c2ccc([Si](CC)(CC)CC)cc2)cc1.[C-]1=CC=CC1.[C-]1=CC=CC1.[Cl-].[Cl-]. The Bertz CT molecular complexity index is 3890. The minimum absolute atomic E-state index is 0. The molecule has 0 aromatic heterocycles. The molecule has 0 atom stereocenters. The zero-order chi connectivity index (χ0) is 79.5. The van der Waals surface area contributed by atoms with E-state index < -0.39 is 32.3 Å². The number of benzene rings is 8. The molecule has 12 rings (SSSR count). The fourth-order valence-corrected chi connectivity index (χ4v) is 33.7. The van der Waals surface area contributed by atoms with Crippen molar-refractivity contribution < 1.29 is 72.6 Å². The maximum Gasteiger partial charge on any atom is -0.109 e. The van der Waals surface area contributed by atoms with Crippen LogP contribution in [0, 0.1) is 24.3 Å². The monoisotopic (exact) mass is 1900 g/mol. The molecule has 0 saturated carbocycles. The summed E-state index contributed by atoms with van der Waals surface area (Å²) in [5.74, 6) is 0. The van der Waals surface area contributed by atoms with Gasteiger partial charge in [0, 0.05) is 0 Å². The summed E-state index contributed by atoms with van der Waals surface area (Å²) in [4.78, 5) is 0. The van der Waals surface area contributed by atoms with Crippen LogP contribution in [-0.4, -0.2) is 38.8 Å². The summed E-state index contributed by atoms with van der Waals surface area (Å²) in [6.45, 7) is 56.1. The molecule has 0 bridgehead atoms. The van der Waals surface area contributed by atoms with Crippen molar-refractivity contribution in [1.82, 2.24) is 0 Å². The Hall–Kier alpha value is -4.35. The van der Waals surface area contributed by atoms with Crippen LogP contribution >= 0.6 is 0 Å². The zero-order valence-corrected chi connectivity index (χ0v) is 85.2. The first-order valence-electron chi connectivity index (χ1n) is 41.7. The van der Waals surface area contributed by atoms with Crippen LogP contribution in [0.2, 0.25) is 72.5 Å². The van der Waals surface area contributed by atoms with Gasteiger partial charge in [-0.3, -0.25) is 12.2 Å². The van der Waals surface area contributed by atoms with E-state index in [-0.39, 0.29) is 46.5 Å². The quantitative estimate of drug-likeness (QED) is 0.0527. The van der Waals surface area contributed by atoms with Crippen LogP contribution in [0.3, 0.4) is 0 Å². The third-order valence-electron chi connectivity index (χ3n) is 25.5. The van der Waals surface area contributed by atoms with E-state index in [1.165, 1.54) is 168 Å². The van der Waals surface area contributed by atoms with Gasteiger partial charge in [-0.2, -0.15) is 70.8 Å². The van der Waals surface area contributed by atoms with Gasteiger partial charge in [-0.1, -0.05) is 141 Å². The van der Waals surface area contributed by atoms with Gasteiger partial charge >= 0.3 is 382 Å². The van der Waals surface area contributed by atoms with E-state index in [2.05, 4.69) is 360 Å². The smallest absolute Gasteiger partial charge is 0.109 e. The molecular formula is C102H136Cl2Hf2Si4-2. The second kappa shape index (κ2) is 43.0. The van der Waals surface area contributed by atoms with Crippen LogP contribution in [0.25, 0.3) is 22.3 Å². The Kier molecular flexibility index (Phi) is 37.6. The number of rotatable bonds is 20. The van der Waals surface area contributed by atoms with Gasteiger partial charge in [-0.15, -0.1) is 24.0 Å². The van der Waals surface area contributed by atoms with E-state index in [0.29, 0.717) is 0 Å². The molecule has 110 heavy (non-hydrogen) atoms. The van der Waals surface area contributed by atoms with Crippen LogP contribution in [0.1, 0.15) is 246 Å². The molecule has 0 fully saturated rings. The zero-order valence-electron chi connectivity index (χ0n) is 72.5. The molecule has 0 saturated heterocycles. The first-order chi connectivity index (χ1) is 51.3. The molecule has 0 aliphatic heterocycles. The number of hydrogen-bond donors (Lipinski definition) is 0. The average molecular weight is 1900 g/mol. The van der Waals surface area contributed by atoms with Crippen LogP contribution in [-0.2, 0) is 82.3 Å². The first kappa shape index (κ1) is 96.2. The first-order valence-corrected chi connectivity index (χ1v) is 55.7. The Morgan fingerprint density at radius 2 is 0.573 bits per heavy atom. The summed E-state index contributed by atoms with van der Waals surface area (Å²) in [7, 11) is -5.06. The van der Waals surface area contributed by atoms with E-state index in [9.17, 15) is 0 Å². The molecule has 0 heterocycles. The number of hydrogen-bond acceptors (Lipinski definition) is 0. The van der Waals surface area contributed by atoms with E-state index in [0.717, 1.165) is 73.5 Å². The molecule has 0 amide bonds. The Labute approximate surface area is 718 Å². The van der Waals surface area contributed by atoms with Crippen molar-refractivity contribution in [2.24, 2.45) is 0 Å². The Morgan fingerprint density at radius 1 is 0.327 bits per heavy atom. The average Bonchev–Trinajstić information content (AvgIpc) is 1.62. The number of halogens is 2. The Morgan fingerprint density at radius 3 is 0.755 bits per heavy atom. The van der Waals surface area contributed by atoms with Gasteiger partial charge in [-0.25, -0.2) is 24.3 Å². The maximum atomic E-state index is 3.55. The normalized spacial score (nSPS) is 13.2. The van der Waals surface area contributed by atoms with Crippen LogP contribution in [0.4, 0.5) is 0 Å². The summed E-state index contributed by atoms with van der Waals surface area (Å²) in [5.41, 5.74) is 23.5. The molecule has 0 radical (unpaired) electrons. The van der Waals surface area contributed by atoms with Crippen molar-refractivity contribution in [1.29, 1.82) is 0 Å². The maximum absolute atomic E-state index is 3.55. The standard InChI is InChI=1S/2C25H38Si2.2C21H25.2C5H5.2ClH.2Hf/c2*1-7-26(8-2,9-3)24-17-13-22(14-18-24)21-23-15-19-25(20-16-23)27(10-4,11-5)12-6;2*1-20(2,3)15-11-10-14-12-18-16(17(14)13-15)8-7-9-19(18)21(4,5)6;2*1-2-4-5-3-1;;;;/h2*13-20H,7-12H2,1-6H3;2*7-9,11,13H,12H2,1-6H3;2*1-3H,4H2;2*1H;;/q;;4*-1;;;2*+2/p-2. The van der Waals surface area contributed by atoms with E-state index in [1.807, 2.05) is 24.3 Å². The predicted molar refractivity (Wildman–Crippen MR) is 484 cm³/mol. The Balaban J connectivity index is 0.000000251. The van der Waals surface area contributed by atoms with Crippen LogP contribution in [0.15, 0.2) is 194 Å². The van der Waals surface area contributed by atoms with E-state index in [1.54, 1.807) is 20.7 Å². The third kappa shape index (κ3) is 23.5. The van der Waals surface area contributed by atoms with Gasteiger partial charge < -0.3 is 24.8 Å². The largest absolute Gasteiger partial charge is 1.00 e. The molecule has 8 aromatic carbocycles. The summed E-state index contributed by atoms with van der Waals surface area (Å²) >= 11 is 2.17. The number of fused-ring (bicyclic) bond motifs is 6. The molecular weight excluding hydrogens is 1770 g/mol. The van der Waals surface area contributed by atoms with Gasteiger partial charge in [0.05, 0.1) is 0 Å². The van der Waals surface area contributed by atoms with E-state index >= 15 is 0 Å². The molecule has 8 heteroatoms. The van der Waals surface area contributed by atoms with Crippen molar-refractivity contribution in [2.75, 3.05) is 0 Å². The summed E-state index contributed by atoms with van der Waals surface area (Å²) in [6.07, 6.45) is 22.1.